The summed E-state index contributed by atoms with van der Waals surface area (Å²) in [7, 11) is 0. The van der Waals surface area contributed by atoms with E-state index in [2.05, 4.69) is 29.7 Å². The topological polar surface area (TPSA) is 70.4 Å². The molecule has 0 aliphatic carbocycles. The number of aryl methyl sites for hydroxylation is 1. The molecule has 1 amide bonds. The lowest BCUT2D eigenvalue weighted by Crippen LogP contribution is -2.54. The maximum Gasteiger partial charge on any atom is 0.267 e. The minimum Gasteiger partial charge on any atom is -0.323 e. The molecule has 0 radical (unpaired) electrons. The lowest BCUT2D eigenvalue weighted by molar-refractivity contribution is 0.0370. The lowest BCUT2D eigenvalue weighted by atomic mass is 10.00. The Labute approximate surface area is 120 Å². The van der Waals surface area contributed by atoms with Gasteiger partial charge in [0.25, 0.3) is 5.91 Å². The summed E-state index contributed by atoms with van der Waals surface area (Å²) < 4.78 is 0. The number of anilines is 1. The Balaban J connectivity index is 2.17. The summed E-state index contributed by atoms with van der Waals surface area (Å²) in [4.78, 5) is 12.5. The van der Waals surface area contributed by atoms with Crippen molar-refractivity contribution < 1.29 is 4.79 Å². The van der Waals surface area contributed by atoms with E-state index in [0.717, 1.165) is 18.4 Å². The van der Waals surface area contributed by atoms with Gasteiger partial charge in [-0.1, -0.05) is 18.1 Å². The highest BCUT2D eigenvalue weighted by Crippen LogP contribution is 2.22. The Morgan fingerprint density at radius 1 is 1.30 bits per heavy atom. The number of amides is 1. The van der Waals surface area contributed by atoms with E-state index in [-0.39, 0.29) is 5.91 Å². The third-order valence-electron chi connectivity index (χ3n) is 4.00. The normalized spacial score (nSPS) is 23.4. The molecule has 1 aromatic carbocycles. The zero-order chi connectivity index (χ0) is 14.7. The number of piperidine rings is 1. The second kappa shape index (κ2) is 6.24. The van der Waals surface area contributed by atoms with Gasteiger partial charge in [-0.2, -0.15) is 0 Å². The molecule has 0 saturated carbocycles. The minimum atomic E-state index is -0.109. The van der Waals surface area contributed by atoms with Crippen LogP contribution in [0.3, 0.4) is 0 Å². The second-order valence-corrected chi connectivity index (χ2v) is 5.67. The molecule has 1 aliphatic heterocycles. The van der Waals surface area contributed by atoms with Gasteiger partial charge in [-0.25, -0.2) is 5.01 Å². The van der Waals surface area contributed by atoms with Gasteiger partial charge in [0, 0.05) is 12.1 Å². The number of hydrogen-bond acceptors (Lipinski definition) is 4. The summed E-state index contributed by atoms with van der Waals surface area (Å²) in [6.45, 7) is 6.26. The highest BCUT2D eigenvalue weighted by Gasteiger charge is 2.26. The summed E-state index contributed by atoms with van der Waals surface area (Å²) in [6, 6.07) is 6.33. The van der Waals surface area contributed by atoms with E-state index in [9.17, 15) is 4.79 Å². The van der Waals surface area contributed by atoms with Crippen molar-refractivity contribution in [3.63, 3.8) is 0 Å². The molecular formula is C15H24N4O. The molecule has 20 heavy (non-hydrogen) atoms. The van der Waals surface area contributed by atoms with Gasteiger partial charge < -0.3 is 5.43 Å². The van der Waals surface area contributed by atoms with Crippen LogP contribution in [0.2, 0.25) is 0 Å². The number of carbonyl (C=O) groups is 1. The summed E-state index contributed by atoms with van der Waals surface area (Å²) in [6.07, 6.45) is 3.44. The predicted molar refractivity (Wildman–Crippen MR) is 81.1 cm³/mol. The fourth-order valence-corrected chi connectivity index (χ4v) is 2.79. The Kier molecular flexibility index (Phi) is 4.62. The largest absolute Gasteiger partial charge is 0.323 e. The third kappa shape index (κ3) is 3.11. The quantitative estimate of drug-likeness (QED) is 0.584. The maximum atomic E-state index is 12.5. The Hall–Kier alpha value is -1.59. The van der Waals surface area contributed by atoms with E-state index in [4.69, 9.17) is 5.84 Å². The van der Waals surface area contributed by atoms with Crippen molar-refractivity contribution in [3.05, 3.63) is 29.3 Å². The predicted octanol–water partition coefficient (Wildman–Crippen LogP) is 2.19. The molecule has 1 heterocycles. The number of nitrogens with zero attached hydrogens (tertiary/aromatic N) is 1. The zero-order valence-corrected chi connectivity index (χ0v) is 12.4. The molecule has 4 N–H and O–H groups in total. The van der Waals surface area contributed by atoms with Crippen LogP contribution >= 0.6 is 0 Å². The number of carbonyl (C=O) groups excluding carboxylic acids is 1. The molecule has 0 bridgehead atoms. The van der Waals surface area contributed by atoms with E-state index >= 15 is 0 Å². The van der Waals surface area contributed by atoms with Crippen LogP contribution < -0.4 is 16.7 Å². The van der Waals surface area contributed by atoms with Crippen molar-refractivity contribution in [3.8, 4) is 0 Å². The van der Waals surface area contributed by atoms with Gasteiger partial charge in [-0.05, 0) is 45.7 Å². The van der Waals surface area contributed by atoms with Crippen LogP contribution in [0.15, 0.2) is 18.2 Å². The van der Waals surface area contributed by atoms with Gasteiger partial charge in [-0.15, -0.1) is 0 Å². The Bertz CT molecular complexity index is 479. The second-order valence-electron chi connectivity index (χ2n) is 5.67. The highest BCUT2D eigenvalue weighted by molar-refractivity contribution is 5.99. The van der Waals surface area contributed by atoms with Gasteiger partial charge in [0.2, 0.25) is 0 Å². The van der Waals surface area contributed by atoms with Crippen molar-refractivity contribution in [2.24, 2.45) is 5.84 Å². The molecule has 1 fully saturated rings. The number of nitrogens with one attached hydrogen (secondary N) is 2. The summed E-state index contributed by atoms with van der Waals surface area (Å²) in [5.74, 6) is 5.37. The van der Waals surface area contributed by atoms with Crippen LogP contribution in [0.4, 0.5) is 5.69 Å². The highest BCUT2D eigenvalue weighted by atomic mass is 16.2. The van der Waals surface area contributed by atoms with Gasteiger partial charge in [0.05, 0.1) is 11.3 Å². The molecule has 110 valence electrons. The standard InChI is InChI=1S/C15H24N4O/c1-10-7-8-14(17-16)13(9-10)15(20)18-19-11(2)5-4-6-12(19)3/h7-9,11-12,17H,4-6,16H2,1-3H3,(H,18,20). The molecular weight excluding hydrogens is 252 g/mol. The van der Waals surface area contributed by atoms with Gasteiger partial charge in [0.15, 0.2) is 0 Å². The molecule has 5 heteroatoms. The molecule has 2 rings (SSSR count). The Morgan fingerprint density at radius 2 is 1.95 bits per heavy atom. The van der Waals surface area contributed by atoms with E-state index in [1.807, 2.05) is 25.1 Å². The van der Waals surface area contributed by atoms with Crippen molar-refractivity contribution in [1.82, 2.24) is 10.4 Å². The fraction of sp³-hybridized carbons (Fsp3) is 0.533. The molecule has 0 spiro atoms. The van der Waals surface area contributed by atoms with Crippen molar-refractivity contribution in [2.75, 3.05) is 5.43 Å². The van der Waals surface area contributed by atoms with E-state index in [1.54, 1.807) is 0 Å². The van der Waals surface area contributed by atoms with Crippen molar-refractivity contribution in [2.45, 2.75) is 52.1 Å². The number of benzene rings is 1. The number of hydrazine groups is 2. The SMILES string of the molecule is Cc1ccc(NN)c(C(=O)NN2C(C)CCCC2C)c1. The summed E-state index contributed by atoms with van der Waals surface area (Å²) in [5.41, 5.74) is 7.88. The average molecular weight is 276 g/mol. The van der Waals surface area contributed by atoms with E-state index in [0.29, 0.717) is 23.3 Å². The first kappa shape index (κ1) is 14.8. The Morgan fingerprint density at radius 3 is 2.55 bits per heavy atom. The van der Waals surface area contributed by atoms with E-state index < -0.39 is 0 Å². The first-order valence-corrected chi connectivity index (χ1v) is 7.19. The van der Waals surface area contributed by atoms with Crippen LogP contribution in [0.1, 0.15) is 49.0 Å². The number of hydrogen-bond donors (Lipinski definition) is 3. The molecule has 2 atom stereocenters. The maximum absolute atomic E-state index is 12.5. The number of nitrogen functional groups attached to an aromatic ring is 1. The monoisotopic (exact) mass is 276 g/mol. The molecule has 1 saturated heterocycles. The van der Waals surface area contributed by atoms with Crippen molar-refractivity contribution >= 4 is 11.6 Å². The summed E-state index contributed by atoms with van der Waals surface area (Å²) in [5, 5.41) is 2.06. The van der Waals surface area contributed by atoms with Crippen molar-refractivity contribution in [1.29, 1.82) is 0 Å². The molecule has 1 aliphatic rings. The summed E-state index contributed by atoms with van der Waals surface area (Å²) >= 11 is 0. The molecule has 1 aromatic rings. The van der Waals surface area contributed by atoms with Crippen LogP contribution in [-0.4, -0.2) is 23.0 Å². The molecule has 0 aromatic heterocycles. The van der Waals surface area contributed by atoms with Crippen LogP contribution in [0, 0.1) is 6.92 Å². The van der Waals surface area contributed by atoms with Gasteiger partial charge in [-0.3, -0.25) is 16.1 Å². The smallest absolute Gasteiger partial charge is 0.267 e. The van der Waals surface area contributed by atoms with Crippen LogP contribution in [-0.2, 0) is 0 Å². The molecule has 5 nitrogen and oxygen atoms in total. The zero-order valence-electron chi connectivity index (χ0n) is 12.4. The van der Waals surface area contributed by atoms with Gasteiger partial charge >= 0.3 is 0 Å². The average Bonchev–Trinajstić information content (AvgIpc) is 2.43. The van der Waals surface area contributed by atoms with Crippen LogP contribution in [0.5, 0.6) is 0 Å². The number of nitrogens with two attached hydrogens (primary N) is 1. The first-order chi connectivity index (χ1) is 9.52. The van der Waals surface area contributed by atoms with Gasteiger partial charge in [0.1, 0.15) is 0 Å². The molecule has 2 unspecified atom stereocenters. The lowest BCUT2D eigenvalue weighted by Gasteiger charge is -2.38. The van der Waals surface area contributed by atoms with E-state index in [1.165, 1.54) is 6.42 Å². The fourth-order valence-electron chi connectivity index (χ4n) is 2.79. The third-order valence-corrected chi connectivity index (χ3v) is 4.00. The minimum absolute atomic E-state index is 0.109. The number of rotatable bonds is 3. The first-order valence-electron chi connectivity index (χ1n) is 7.19. The van der Waals surface area contributed by atoms with Crippen LogP contribution in [0.25, 0.3) is 0 Å².